The van der Waals surface area contributed by atoms with E-state index in [1.54, 1.807) is 6.92 Å². The van der Waals surface area contributed by atoms with Gasteiger partial charge in [0.25, 0.3) is 0 Å². The maximum Gasteiger partial charge on any atom is 0.194 e. The summed E-state index contributed by atoms with van der Waals surface area (Å²) in [6.07, 6.45) is -2.28. The van der Waals surface area contributed by atoms with Crippen LogP contribution in [0.2, 0.25) is 0 Å². The average Bonchev–Trinajstić information content (AvgIpc) is 3.43. The van der Waals surface area contributed by atoms with Crippen LogP contribution in [-0.4, -0.2) is 94.6 Å². The molecule has 0 spiro atoms. The lowest BCUT2D eigenvalue weighted by molar-refractivity contribution is -0.179. The van der Waals surface area contributed by atoms with E-state index in [2.05, 4.69) is 15.3 Å². The fourth-order valence-electron chi connectivity index (χ4n) is 5.30. The molecule has 42 heavy (non-hydrogen) atoms. The number of aryl methyl sites for hydroxylation is 3. The predicted molar refractivity (Wildman–Crippen MR) is 144 cm³/mol. The molecular weight excluding hydrogens is 579 g/mol. The van der Waals surface area contributed by atoms with Crippen LogP contribution in [0.15, 0.2) is 18.3 Å². The lowest BCUT2D eigenvalue weighted by Crippen LogP contribution is -2.55. The smallest absolute Gasteiger partial charge is 0.194 e. The summed E-state index contributed by atoms with van der Waals surface area (Å²) in [5.74, 6) is -4.45. The maximum absolute atomic E-state index is 13.8. The molecule has 0 radical (unpaired) electrons. The second-order valence-corrected chi connectivity index (χ2v) is 11.8. The Morgan fingerprint density at radius 3 is 2.31 bits per heavy atom. The summed E-state index contributed by atoms with van der Waals surface area (Å²) >= 11 is 1.08. The summed E-state index contributed by atoms with van der Waals surface area (Å²) in [6.45, 7) is 5.43. The van der Waals surface area contributed by atoms with Crippen molar-refractivity contribution >= 4 is 11.8 Å². The summed E-state index contributed by atoms with van der Waals surface area (Å²) in [5, 5.41) is 51.5. The number of thioether (sulfide) groups is 1. The van der Waals surface area contributed by atoms with Crippen molar-refractivity contribution in [2.75, 3.05) is 19.8 Å². The van der Waals surface area contributed by atoms with Crippen molar-refractivity contribution in [3.8, 4) is 11.3 Å². The standard InChI is InChI=1S/C27H32F3N5O6S/c1-12-13(2)32-21(14(3)31-12)25(27(39)4-6-40-7-5-27)42-26-24(38)22(23(37)19(11-36)41-26)35-10-18(33-34-35)15-8-16(28)20(30)17(29)9-15/h8-10,19,22-26,36-39H,4-7,11H2,1-3H3/t19-,22+,23+,24-,25-,26+/m1/s1. The molecule has 0 aliphatic carbocycles. The molecule has 11 nitrogen and oxygen atoms in total. The van der Waals surface area contributed by atoms with Crippen LogP contribution in [0.25, 0.3) is 11.3 Å². The topological polar surface area (TPSA) is 156 Å². The first-order valence-corrected chi connectivity index (χ1v) is 14.3. The molecule has 5 rings (SSSR count). The van der Waals surface area contributed by atoms with Gasteiger partial charge in [0.2, 0.25) is 0 Å². The minimum absolute atomic E-state index is 0.0427. The van der Waals surface area contributed by atoms with Gasteiger partial charge in [-0.25, -0.2) is 17.9 Å². The first-order valence-electron chi connectivity index (χ1n) is 13.4. The van der Waals surface area contributed by atoms with Gasteiger partial charge < -0.3 is 29.9 Å². The Morgan fingerprint density at radius 1 is 1.02 bits per heavy atom. The molecule has 0 amide bonds. The second kappa shape index (κ2) is 12.1. The van der Waals surface area contributed by atoms with Crippen LogP contribution in [0.3, 0.4) is 0 Å². The zero-order valence-corrected chi connectivity index (χ0v) is 23.9. The van der Waals surface area contributed by atoms with Crippen molar-refractivity contribution < 1.29 is 43.1 Å². The summed E-state index contributed by atoms with van der Waals surface area (Å²) < 4.78 is 53.7. The van der Waals surface area contributed by atoms with Gasteiger partial charge in [-0.05, 0) is 32.9 Å². The van der Waals surface area contributed by atoms with Gasteiger partial charge in [-0.3, -0.25) is 9.97 Å². The molecule has 228 valence electrons. The molecule has 15 heteroatoms. The summed E-state index contributed by atoms with van der Waals surface area (Å²) in [4.78, 5) is 9.32. The highest BCUT2D eigenvalue weighted by Crippen LogP contribution is 2.49. The first kappa shape index (κ1) is 30.8. The zero-order valence-electron chi connectivity index (χ0n) is 23.1. The monoisotopic (exact) mass is 611 g/mol. The van der Waals surface area contributed by atoms with Crippen LogP contribution in [0.5, 0.6) is 0 Å². The average molecular weight is 612 g/mol. The number of benzene rings is 1. The normalized spacial score (nSPS) is 26.8. The summed E-state index contributed by atoms with van der Waals surface area (Å²) in [5.41, 5.74) is -0.0476. The Morgan fingerprint density at radius 2 is 1.67 bits per heavy atom. The molecular formula is C27H32F3N5O6S. The second-order valence-electron chi connectivity index (χ2n) is 10.6. The van der Waals surface area contributed by atoms with Crippen molar-refractivity contribution in [2.24, 2.45) is 0 Å². The number of hydrogen-bond donors (Lipinski definition) is 4. The SMILES string of the molecule is Cc1nc(C)c([C@@H](S[C@@H]2O[C@H](CO)[C@H](O)[C@H](n3cc(-c4cc(F)c(F)c(F)c4)nn3)[C@H]2O)C2(O)CCOCC2)nc1C. The Bertz CT molecular complexity index is 1420. The Kier molecular flexibility index (Phi) is 8.90. The van der Waals surface area contributed by atoms with Crippen molar-refractivity contribution in [1.82, 2.24) is 25.0 Å². The fraction of sp³-hybridized carbons (Fsp3) is 0.556. The van der Waals surface area contributed by atoms with Gasteiger partial charge >= 0.3 is 0 Å². The highest BCUT2D eigenvalue weighted by molar-refractivity contribution is 8.00. The lowest BCUT2D eigenvalue weighted by atomic mass is 9.88. The summed E-state index contributed by atoms with van der Waals surface area (Å²) in [6, 6.07) is 0.289. The molecule has 0 bridgehead atoms. The molecule has 2 aromatic heterocycles. The third-order valence-electron chi connectivity index (χ3n) is 7.83. The lowest BCUT2D eigenvalue weighted by Gasteiger charge is -2.45. The van der Waals surface area contributed by atoms with Gasteiger partial charge in [-0.1, -0.05) is 5.21 Å². The van der Waals surface area contributed by atoms with E-state index in [-0.39, 0.29) is 24.1 Å². The van der Waals surface area contributed by atoms with Gasteiger partial charge in [0.05, 0.1) is 46.4 Å². The minimum Gasteiger partial charge on any atom is -0.394 e. The van der Waals surface area contributed by atoms with Gasteiger partial charge in [-0.15, -0.1) is 16.9 Å². The fourth-order valence-corrected chi connectivity index (χ4v) is 6.94. The number of aliphatic hydroxyl groups excluding tert-OH is 3. The van der Waals surface area contributed by atoms with Crippen molar-refractivity contribution in [2.45, 2.75) is 74.3 Å². The first-order chi connectivity index (χ1) is 19.9. The van der Waals surface area contributed by atoms with E-state index >= 15 is 0 Å². The number of ether oxygens (including phenoxy) is 2. The van der Waals surface area contributed by atoms with Crippen molar-refractivity contribution in [3.05, 3.63) is 58.6 Å². The summed E-state index contributed by atoms with van der Waals surface area (Å²) in [7, 11) is 0. The number of aliphatic hydroxyl groups is 4. The Balaban J connectivity index is 1.50. The molecule has 0 saturated carbocycles. The molecule has 0 unspecified atom stereocenters. The Hall–Kier alpha value is -2.66. The largest absolute Gasteiger partial charge is 0.394 e. The molecule has 3 aromatic rings. The predicted octanol–water partition coefficient (Wildman–Crippen LogP) is 2.07. The molecule has 2 fully saturated rings. The van der Waals surface area contributed by atoms with Crippen LogP contribution in [-0.2, 0) is 9.47 Å². The van der Waals surface area contributed by atoms with Gasteiger partial charge in [0.1, 0.15) is 35.5 Å². The number of nitrogens with zero attached hydrogens (tertiary/aromatic N) is 5. The van der Waals surface area contributed by atoms with Crippen LogP contribution in [0.4, 0.5) is 13.2 Å². The third kappa shape index (κ3) is 5.78. The molecule has 1 aromatic carbocycles. The van der Waals surface area contributed by atoms with Crippen molar-refractivity contribution in [1.29, 1.82) is 0 Å². The van der Waals surface area contributed by atoms with E-state index < -0.39 is 64.7 Å². The van der Waals surface area contributed by atoms with Gasteiger partial charge in [-0.2, -0.15) is 0 Å². The molecule has 4 N–H and O–H groups in total. The van der Waals surface area contributed by atoms with E-state index in [4.69, 9.17) is 14.5 Å². The quantitative estimate of drug-likeness (QED) is 0.290. The molecule has 2 aliphatic rings. The minimum atomic E-state index is -1.63. The molecule has 4 heterocycles. The molecule has 6 atom stereocenters. The van der Waals surface area contributed by atoms with Crippen LogP contribution < -0.4 is 0 Å². The van der Waals surface area contributed by atoms with E-state index in [1.807, 2.05) is 13.8 Å². The highest BCUT2D eigenvalue weighted by Gasteiger charge is 2.50. The number of halogens is 3. The zero-order chi connectivity index (χ0) is 30.3. The third-order valence-corrected chi connectivity index (χ3v) is 9.42. The Labute approximate surface area is 243 Å². The van der Waals surface area contributed by atoms with Gasteiger partial charge in [0.15, 0.2) is 17.5 Å². The number of rotatable bonds is 7. The van der Waals surface area contributed by atoms with Crippen LogP contribution in [0.1, 0.15) is 46.9 Å². The van der Waals surface area contributed by atoms with Gasteiger partial charge in [0, 0.05) is 31.6 Å². The van der Waals surface area contributed by atoms with E-state index in [1.165, 1.54) is 6.20 Å². The van der Waals surface area contributed by atoms with E-state index in [0.717, 1.165) is 34.3 Å². The van der Waals surface area contributed by atoms with E-state index in [0.29, 0.717) is 30.3 Å². The van der Waals surface area contributed by atoms with E-state index in [9.17, 15) is 33.6 Å². The van der Waals surface area contributed by atoms with Crippen LogP contribution in [0, 0.1) is 38.2 Å². The highest BCUT2D eigenvalue weighted by atomic mass is 32.2. The molecule has 2 saturated heterocycles. The number of aromatic nitrogens is 5. The molecule has 2 aliphatic heterocycles. The van der Waals surface area contributed by atoms with Crippen molar-refractivity contribution in [3.63, 3.8) is 0 Å². The maximum atomic E-state index is 13.8. The van der Waals surface area contributed by atoms with Crippen LogP contribution >= 0.6 is 11.8 Å². The number of hydrogen-bond acceptors (Lipinski definition) is 11.